The third-order valence-electron chi connectivity index (χ3n) is 5.42. The average Bonchev–Trinajstić information content (AvgIpc) is 3.07. The van der Waals surface area contributed by atoms with Crippen molar-refractivity contribution in [2.75, 3.05) is 58.7 Å². The van der Waals surface area contributed by atoms with Gasteiger partial charge in [0.25, 0.3) is 5.91 Å². The van der Waals surface area contributed by atoms with Crippen molar-refractivity contribution in [1.82, 2.24) is 18.7 Å². The van der Waals surface area contributed by atoms with Crippen LogP contribution in [0, 0.1) is 0 Å². The zero-order valence-corrected chi connectivity index (χ0v) is 17.0. The molecule has 1 amide bonds. The van der Waals surface area contributed by atoms with Gasteiger partial charge in [-0.3, -0.25) is 9.69 Å². The van der Waals surface area contributed by atoms with E-state index in [2.05, 4.69) is 4.90 Å². The van der Waals surface area contributed by atoms with E-state index in [1.54, 1.807) is 19.8 Å². The van der Waals surface area contributed by atoms with Gasteiger partial charge in [-0.25, -0.2) is 8.42 Å². The van der Waals surface area contributed by atoms with Crippen molar-refractivity contribution in [2.45, 2.75) is 18.9 Å². The quantitative estimate of drug-likeness (QED) is 0.686. The number of aromatic nitrogens is 1. The SMILES string of the molecule is Cn1cccc1C(=O)N1CCCC(N(CCN2CCOCC2)S(C)(=O)=O)C1. The molecule has 2 saturated heterocycles. The normalized spacial score (nSPS) is 22.3. The molecular weight excluding hydrogens is 368 g/mol. The van der Waals surface area contributed by atoms with Crippen molar-refractivity contribution in [3.63, 3.8) is 0 Å². The molecule has 0 bridgehead atoms. The number of aryl methyl sites for hydroxylation is 1. The number of hydrogen-bond donors (Lipinski definition) is 0. The molecule has 152 valence electrons. The van der Waals surface area contributed by atoms with Gasteiger partial charge in [-0.15, -0.1) is 0 Å². The zero-order valence-electron chi connectivity index (χ0n) is 16.2. The summed E-state index contributed by atoms with van der Waals surface area (Å²) in [5.74, 6) is -0.0335. The summed E-state index contributed by atoms with van der Waals surface area (Å²) in [4.78, 5) is 16.8. The molecule has 1 aromatic rings. The van der Waals surface area contributed by atoms with Crippen LogP contribution in [-0.4, -0.2) is 97.8 Å². The van der Waals surface area contributed by atoms with Crippen LogP contribution < -0.4 is 0 Å². The highest BCUT2D eigenvalue weighted by Crippen LogP contribution is 2.20. The van der Waals surface area contributed by atoms with Gasteiger partial charge < -0.3 is 14.2 Å². The lowest BCUT2D eigenvalue weighted by Gasteiger charge is -2.39. The number of carbonyl (C=O) groups excluding carboxylic acids is 1. The Morgan fingerprint density at radius 1 is 1.30 bits per heavy atom. The van der Waals surface area contributed by atoms with Crippen LogP contribution in [0.15, 0.2) is 18.3 Å². The molecule has 0 saturated carbocycles. The largest absolute Gasteiger partial charge is 0.379 e. The molecule has 27 heavy (non-hydrogen) atoms. The van der Waals surface area contributed by atoms with Crippen LogP contribution in [0.25, 0.3) is 0 Å². The predicted octanol–water partition coefficient (Wildman–Crippen LogP) is 0.224. The molecule has 0 aliphatic carbocycles. The number of hydrogen-bond acceptors (Lipinski definition) is 5. The summed E-state index contributed by atoms with van der Waals surface area (Å²) in [5, 5.41) is 0. The maximum Gasteiger partial charge on any atom is 0.270 e. The van der Waals surface area contributed by atoms with Crippen molar-refractivity contribution in [3.8, 4) is 0 Å². The molecule has 0 N–H and O–H groups in total. The lowest BCUT2D eigenvalue weighted by molar-refractivity contribution is 0.0333. The van der Waals surface area contributed by atoms with Crippen molar-refractivity contribution in [2.24, 2.45) is 7.05 Å². The molecule has 8 nitrogen and oxygen atoms in total. The highest BCUT2D eigenvalue weighted by atomic mass is 32.2. The van der Waals surface area contributed by atoms with Crippen LogP contribution in [0.2, 0.25) is 0 Å². The zero-order chi connectivity index (χ0) is 19.4. The van der Waals surface area contributed by atoms with Crippen LogP contribution in [0.4, 0.5) is 0 Å². The lowest BCUT2D eigenvalue weighted by Crippen LogP contribution is -2.53. The number of sulfonamides is 1. The van der Waals surface area contributed by atoms with Gasteiger partial charge in [-0.1, -0.05) is 0 Å². The first kappa shape index (κ1) is 20.3. The summed E-state index contributed by atoms with van der Waals surface area (Å²) in [6.45, 7) is 5.32. The van der Waals surface area contributed by atoms with E-state index in [0.29, 0.717) is 45.1 Å². The number of morpholine rings is 1. The Morgan fingerprint density at radius 2 is 2.04 bits per heavy atom. The Hall–Kier alpha value is -1.42. The van der Waals surface area contributed by atoms with E-state index < -0.39 is 10.0 Å². The third kappa shape index (κ3) is 5.10. The van der Waals surface area contributed by atoms with Gasteiger partial charge >= 0.3 is 0 Å². The molecule has 9 heteroatoms. The smallest absolute Gasteiger partial charge is 0.270 e. The van der Waals surface area contributed by atoms with Crippen LogP contribution in [0.3, 0.4) is 0 Å². The Balaban J connectivity index is 1.66. The monoisotopic (exact) mass is 398 g/mol. The number of likely N-dealkylation sites (tertiary alicyclic amines) is 1. The van der Waals surface area contributed by atoms with Crippen LogP contribution >= 0.6 is 0 Å². The molecule has 2 fully saturated rings. The summed E-state index contributed by atoms with van der Waals surface area (Å²) < 4.78 is 33.6. The van der Waals surface area contributed by atoms with E-state index in [0.717, 1.165) is 25.9 Å². The van der Waals surface area contributed by atoms with Gasteiger partial charge in [0.1, 0.15) is 5.69 Å². The third-order valence-corrected chi connectivity index (χ3v) is 6.75. The molecule has 3 rings (SSSR count). The summed E-state index contributed by atoms with van der Waals surface area (Å²) in [6, 6.07) is 3.48. The van der Waals surface area contributed by atoms with Gasteiger partial charge in [-0.2, -0.15) is 4.31 Å². The molecular formula is C18H30N4O4S. The maximum atomic E-state index is 12.8. The highest BCUT2D eigenvalue weighted by Gasteiger charge is 2.33. The number of rotatable bonds is 6. The fraction of sp³-hybridized carbons (Fsp3) is 0.722. The van der Waals surface area contributed by atoms with Crippen molar-refractivity contribution in [1.29, 1.82) is 0 Å². The summed E-state index contributed by atoms with van der Waals surface area (Å²) in [7, 11) is -1.50. The molecule has 0 aromatic carbocycles. The first-order valence-corrected chi connectivity index (χ1v) is 11.4. The topological polar surface area (TPSA) is 75.1 Å². The van der Waals surface area contributed by atoms with Gasteiger partial charge in [0.15, 0.2) is 0 Å². The van der Waals surface area contributed by atoms with Gasteiger partial charge in [0.05, 0.1) is 19.5 Å². The number of nitrogens with zero attached hydrogens (tertiary/aromatic N) is 4. The highest BCUT2D eigenvalue weighted by molar-refractivity contribution is 7.88. The Morgan fingerprint density at radius 3 is 2.67 bits per heavy atom. The molecule has 1 aromatic heterocycles. The minimum absolute atomic E-state index is 0.0335. The molecule has 3 heterocycles. The Labute approximate surface area is 161 Å². The number of carbonyl (C=O) groups is 1. The Kier molecular flexibility index (Phi) is 6.56. The molecule has 0 spiro atoms. The lowest BCUT2D eigenvalue weighted by atomic mass is 10.1. The van der Waals surface area contributed by atoms with E-state index in [9.17, 15) is 13.2 Å². The van der Waals surface area contributed by atoms with Crippen LogP contribution in [0.1, 0.15) is 23.3 Å². The molecule has 1 unspecified atom stereocenters. The second-order valence-electron chi connectivity index (χ2n) is 7.38. The molecule has 2 aliphatic heterocycles. The number of ether oxygens (including phenoxy) is 1. The van der Waals surface area contributed by atoms with E-state index >= 15 is 0 Å². The minimum Gasteiger partial charge on any atom is -0.379 e. The number of piperidine rings is 1. The van der Waals surface area contributed by atoms with Crippen molar-refractivity contribution >= 4 is 15.9 Å². The first-order chi connectivity index (χ1) is 12.9. The summed E-state index contributed by atoms with van der Waals surface area (Å²) in [5.41, 5.74) is 0.634. The molecule has 1 atom stereocenters. The second kappa shape index (κ2) is 8.72. The van der Waals surface area contributed by atoms with Gasteiger partial charge in [-0.05, 0) is 25.0 Å². The maximum absolute atomic E-state index is 12.8. The van der Waals surface area contributed by atoms with Crippen molar-refractivity contribution < 1.29 is 17.9 Å². The number of amides is 1. The standard InChI is InChI=1S/C18H30N4O4S/c1-19-7-4-6-17(19)18(23)21-8-3-5-16(15-21)22(27(2,24)25)10-9-20-11-13-26-14-12-20/h4,6-7,16H,3,5,8-15H2,1-2H3. The average molecular weight is 399 g/mol. The molecule has 0 radical (unpaired) electrons. The summed E-state index contributed by atoms with van der Waals surface area (Å²) >= 11 is 0. The molecule has 2 aliphatic rings. The fourth-order valence-corrected chi connectivity index (χ4v) is 5.03. The van der Waals surface area contributed by atoms with E-state index in [4.69, 9.17) is 4.74 Å². The van der Waals surface area contributed by atoms with E-state index in [-0.39, 0.29) is 11.9 Å². The van der Waals surface area contributed by atoms with Gasteiger partial charge in [0, 0.05) is 58.6 Å². The Bertz CT molecular complexity index is 742. The first-order valence-electron chi connectivity index (χ1n) is 9.54. The van der Waals surface area contributed by atoms with Crippen LogP contribution in [-0.2, 0) is 21.8 Å². The summed E-state index contributed by atoms with van der Waals surface area (Å²) in [6.07, 6.45) is 4.71. The van der Waals surface area contributed by atoms with Crippen LogP contribution in [0.5, 0.6) is 0 Å². The fourth-order valence-electron chi connectivity index (χ4n) is 3.90. The second-order valence-corrected chi connectivity index (χ2v) is 9.31. The predicted molar refractivity (Wildman–Crippen MR) is 103 cm³/mol. The van der Waals surface area contributed by atoms with Crippen molar-refractivity contribution in [3.05, 3.63) is 24.0 Å². The van der Waals surface area contributed by atoms with Gasteiger partial charge in [0.2, 0.25) is 10.0 Å². The van der Waals surface area contributed by atoms with E-state index in [1.165, 1.54) is 6.26 Å². The minimum atomic E-state index is -3.34. The van der Waals surface area contributed by atoms with E-state index in [1.807, 2.05) is 19.3 Å².